The lowest BCUT2D eigenvalue weighted by Crippen LogP contribution is -1.92. The first-order valence-electron chi connectivity index (χ1n) is 6.99. The van der Waals surface area contributed by atoms with Gasteiger partial charge in [-0.25, -0.2) is 4.57 Å². The number of para-hydroxylation sites is 1. The van der Waals surface area contributed by atoms with Gasteiger partial charge in [-0.1, -0.05) is 39.0 Å². The molecule has 0 heterocycles. The second kappa shape index (κ2) is 15.5. The van der Waals surface area contributed by atoms with Crippen LogP contribution in [0.2, 0.25) is 0 Å². The van der Waals surface area contributed by atoms with E-state index in [1.807, 2.05) is 6.92 Å². The van der Waals surface area contributed by atoms with Gasteiger partial charge in [0, 0.05) is 13.2 Å². The van der Waals surface area contributed by atoms with Gasteiger partial charge in [-0.15, -0.1) is 0 Å². The summed E-state index contributed by atoms with van der Waals surface area (Å²) in [7, 11) is -4.39. The molecule has 0 amide bonds. The molecule has 21 heavy (non-hydrogen) atoms. The number of phosphoric ester groups is 1. The summed E-state index contributed by atoms with van der Waals surface area (Å²) in [4.78, 5) is 16.7. The first-order valence-corrected chi connectivity index (χ1v) is 8.52. The zero-order valence-electron chi connectivity index (χ0n) is 13.1. The number of phosphoric acid groups is 1. The highest BCUT2D eigenvalue weighted by molar-refractivity contribution is 7.46. The van der Waals surface area contributed by atoms with E-state index < -0.39 is 7.82 Å². The predicted molar refractivity (Wildman–Crippen MR) is 85.2 cm³/mol. The molecule has 7 heteroatoms. The molecule has 0 aromatic heterocycles. The maximum Gasteiger partial charge on any atom is 0.524 e. The Morgan fingerprint density at radius 1 is 1.05 bits per heavy atom. The monoisotopic (exact) mass is 321 g/mol. The third kappa shape index (κ3) is 21.5. The smallest absolute Gasteiger partial charge is 0.404 e. The number of hydrogen-bond acceptors (Lipinski definition) is 4. The Kier molecular flexibility index (Phi) is 16.5. The molecule has 1 aromatic carbocycles. The lowest BCUT2D eigenvalue weighted by Gasteiger charge is -2.04. The van der Waals surface area contributed by atoms with Crippen LogP contribution >= 0.6 is 7.82 Å². The third-order valence-corrected chi connectivity index (χ3v) is 2.11. The molecule has 0 bridgehead atoms. The molecule has 0 fully saturated rings. The van der Waals surface area contributed by atoms with Crippen molar-refractivity contribution >= 4 is 7.82 Å². The van der Waals surface area contributed by atoms with Crippen LogP contribution in [0.3, 0.4) is 0 Å². The second-order valence-corrected chi connectivity index (χ2v) is 5.08. The standard InChI is InChI=1S/C6H7O4P.C6H14O.C2H7N/c7-11(8,9)10-6-4-2-1-3-5-6;1-3-5-7-6-4-2;1-2-3/h1-5H,(H2,7,8,9);3-6H2,1-2H3;2-3H2,1H3. The summed E-state index contributed by atoms with van der Waals surface area (Å²) >= 11 is 0. The number of hydrogen-bond donors (Lipinski definition) is 3. The fourth-order valence-corrected chi connectivity index (χ4v) is 1.41. The molecule has 1 aromatic rings. The molecular formula is C14H28NO5P. The lowest BCUT2D eigenvalue weighted by atomic mass is 10.3. The largest absolute Gasteiger partial charge is 0.524 e. The van der Waals surface area contributed by atoms with Gasteiger partial charge in [0.1, 0.15) is 5.75 Å². The highest BCUT2D eigenvalue weighted by atomic mass is 31.2. The molecule has 4 N–H and O–H groups in total. The molecule has 0 aliphatic rings. The maximum absolute atomic E-state index is 10.3. The summed E-state index contributed by atoms with van der Waals surface area (Å²) in [5, 5.41) is 0. The Balaban J connectivity index is 0. The van der Waals surface area contributed by atoms with Crippen molar-refractivity contribution in [2.75, 3.05) is 19.8 Å². The number of rotatable bonds is 6. The van der Waals surface area contributed by atoms with Gasteiger partial charge in [0.15, 0.2) is 0 Å². The van der Waals surface area contributed by atoms with Gasteiger partial charge in [0.25, 0.3) is 0 Å². The van der Waals surface area contributed by atoms with E-state index in [0.717, 1.165) is 32.6 Å². The van der Waals surface area contributed by atoms with Gasteiger partial charge in [-0.05, 0) is 31.5 Å². The molecule has 0 saturated heterocycles. The zero-order chi connectivity index (χ0) is 16.6. The molecular weight excluding hydrogens is 293 g/mol. The average Bonchev–Trinajstić information content (AvgIpc) is 2.40. The first-order chi connectivity index (χ1) is 9.91. The first kappa shape index (κ1) is 22.4. The molecule has 0 atom stereocenters. The molecule has 1 rings (SSSR count). The molecule has 6 nitrogen and oxygen atoms in total. The van der Waals surface area contributed by atoms with Crippen LogP contribution in [0, 0.1) is 0 Å². The Morgan fingerprint density at radius 2 is 1.48 bits per heavy atom. The van der Waals surface area contributed by atoms with E-state index in [9.17, 15) is 4.57 Å². The third-order valence-electron chi connectivity index (χ3n) is 1.66. The minimum atomic E-state index is -4.39. The molecule has 0 aliphatic heterocycles. The summed E-state index contributed by atoms with van der Waals surface area (Å²) in [5.74, 6) is 0.167. The quantitative estimate of drug-likeness (QED) is 0.550. The van der Waals surface area contributed by atoms with Crippen molar-refractivity contribution < 1.29 is 23.6 Å². The van der Waals surface area contributed by atoms with Crippen LogP contribution in [-0.4, -0.2) is 29.5 Å². The highest BCUT2D eigenvalue weighted by Crippen LogP contribution is 2.36. The van der Waals surface area contributed by atoms with Gasteiger partial charge in [0.05, 0.1) is 0 Å². The van der Waals surface area contributed by atoms with E-state index in [1.165, 1.54) is 12.1 Å². The summed E-state index contributed by atoms with van der Waals surface area (Å²) < 4.78 is 19.7. The summed E-state index contributed by atoms with van der Waals surface area (Å²) in [6, 6.07) is 7.93. The second-order valence-electron chi connectivity index (χ2n) is 3.92. The van der Waals surface area contributed by atoms with Crippen molar-refractivity contribution in [3.8, 4) is 5.75 Å². The summed E-state index contributed by atoms with van der Waals surface area (Å²) in [6.07, 6.45) is 2.28. The average molecular weight is 321 g/mol. The van der Waals surface area contributed by atoms with E-state index in [1.54, 1.807) is 18.2 Å². The van der Waals surface area contributed by atoms with Crippen molar-refractivity contribution in [2.45, 2.75) is 33.6 Å². The zero-order valence-corrected chi connectivity index (χ0v) is 14.0. The van der Waals surface area contributed by atoms with Gasteiger partial charge in [-0.2, -0.15) is 0 Å². The fraction of sp³-hybridized carbons (Fsp3) is 0.571. The van der Waals surface area contributed by atoms with E-state index in [0.29, 0.717) is 0 Å². The molecule has 124 valence electrons. The van der Waals surface area contributed by atoms with Gasteiger partial charge in [0.2, 0.25) is 0 Å². The summed E-state index contributed by atoms with van der Waals surface area (Å²) in [5.41, 5.74) is 4.85. The van der Waals surface area contributed by atoms with E-state index in [4.69, 9.17) is 20.3 Å². The van der Waals surface area contributed by atoms with Crippen LogP contribution in [0.4, 0.5) is 0 Å². The van der Waals surface area contributed by atoms with E-state index >= 15 is 0 Å². The van der Waals surface area contributed by atoms with Crippen molar-refractivity contribution in [1.82, 2.24) is 0 Å². The van der Waals surface area contributed by atoms with Gasteiger partial charge in [-0.3, -0.25) is 9.79 Å². The number of benzene rings is 1. The summed E-state index contributed by atoms with van der Waals surface area (Å²) in [6.45, 7) is 8.74. The van der Waals surface area contributed by atoms with Crippen LogP contribution in [0.25, 0.3) is 0 Å². The Hall–Kier alpha value is -0.910. The normalized spacial score (nSPS) is 9.81. The Labute approximate surface area is 127 Å². The van der Waals surface area contributed by atoms with Crippen molar-refractivity contribution in [1.29, 1.82) is 0 Å². The van der Waals surface area contributed by atoms with Crippen molar-refractivity contribution in [2.24, 2.45) is 5.73 Å². The van der Waals surface area contributed by atoms with Gasteiger partial charge < -0.3 is 15.0 Å². The molecule has 0 radical (unpaired) electrons. The fourth-order valence-electron chi connectivity index (χ4n) is 1.01. The molecule has 0 aliphatic carbocycles. The SMILES string of the molecule is CCCOCCC.CCN.O=P(O)(O)Oc1ccccc1. The van der Waals surface area contributed by atoms with Crippen LogP contribution in [-0.2, 0) is 9.30 Å². The van der Waals surface area contributed by atoms with E-state index in [-0.39, 0.29) is 5.75 Å². The Morgan fingerprint density at radius 3 is 1.81 bits per heavy atom. The van der Waals surface area contributed by atoms with Gasteiger partial charge >= 0.3 is 7.82 Å². The Bertz CT molecular complexity index is 352. The topological polar surface area (TPSA) is 102 Å². The van der Waals surface area contributed by atoms with Crippen molar-refractivity contribution in [3.05, 3.63) is 30.3 Å². The maximum atomic E-state index is 10.3. The number of nitrogens with two attached hydrogens (primary N) is 1. The lowest BCUT2D eigenvalue weighted by molar-refractivity contribution is 0.135. The molecule has 0 spiro atoms. The molecule has 0 saturated carbocycles. The minimum absolute atomic E-state index is 0.167. The molecule has 0 unspecified atom stereocenters. The van der Waals surface area contributed by atoms with Crippen LogP contribution in [0.15, 0.2) is 30.3 Å². The van der Waals surface area contributed by atoms with E-state index in [2.05, 4.69) is 18.4 Å². The predicted octanol–water partition coefficient (Wildman–Crippen LogP) is 2.95. The van der Waals surface area contributed by atoms with Crippen LogP contribution in [0.1, 0.15) is 33.6 Å². The number of ether oxygens (including phenoxy) is 1. The minimum Gasteiger partial charge on any atom is -0.404 e. The highest BCUT2D eigenvalue weighted by Gasteiger charge is 2.14. The van der Waals surface area contributed by atoms with Crippen LogP contribution < -0.4 is 10.3 Å². The van der Waals surface area contributed by atoms with Crippen molar-refractivity contribution in [3.63, 3.8) is 0 Å². The van der Waals surface area contributed by atoms with Crippen LogP contribution in [0.5, 0.6) is 5.75 Å².